The molecule has 1 aliphatic rings. The number of benzene rings is 2. The molecule has 7 heteroatoms. The molecule has 2 amide bonds. The number of anilines is 1. The molecular weight excluding hydrogens is 327 g/mol. The first kappa shape index (κ1) is 16.8. The Labute approximate surface area is 143 Å². The smallest absolute Gasteiger partial charge is 0.262 e. The number of rotatable bonds is 4. The lowest BCUT2D eigenvalue weighted by Gasteiger charge is -2.21. The van der Waals surface area contributed by atoms with Gasteiger partial charge < -0.3 is 20.1 Å². The van der Waals surface area contributed by atoms with Gasteiger partial charge in [0.05, 0.1) is 18.8 Å². The van der Waals surface area contributed by atoms with Gasteiger partial charge in [-0.15, -0.1) is 0 Å². The van der Waals surface area contributed by atoms with Gasteiger partial charge in [0.1, 0.15) is 5.75 Å². The van der Waals surface area contributed by atoms with Crippen LogP contribution in [0.4, 0.5) is 10.1 Å². The van der Waals surface area contributed by atoms with Crippen molar-refractivity contribution in [2.45, 2.75) is 13.0 Å². The Morgan fingerprint density at radius 1 is 1.32 bits per heavy atom. The highest BCUT2D eigenvalue weighted by Crippen LogP contribution is 2.30. The number of carbonyl (C=O) groups excluding carboxylic acids is 2. The van der Waals surface area contributed by atoms with Gasteiger partial charge in [0, 0.05) is 5.56 Å². The maximum Gasteiger partial charge on any atom is 0.262 e. The van der Waals surface area contributed by atoms with E-state index in [1.54, 1.807) is 25.1 Å². The van der Waals surface area contributed by atoms with Gasteiger partial charge in [0.25, 0.3) is 11.8 Å². The number of carbonyl (C=O) groups is 2. The standard InChI is InChI=1S/C18H17FN2O4/c1-10(11-3-6-16-14(8-11)21-17(22)9-25-16)20-18(23)12-4-5-15(24-2)13(19)7-12/h3-8,10H,9H2,1-2H3,(H,20,23)(H,21,22)/t10-/m1/s1. The molecule has 2 aromatic rings. The van der Waals surface area contributed by atoms with E-state index in [0.29, 0.717) is 11.4 Å². The zero-order valence-electron chi connectivity index (χ0n) is 13.8. The van der Waals surface area contributed by atoms with E-state index in [9.17, 15) is 14.0 Å². The quantitative estimate of drug-likeness (QED) is 0.894. The summed E-state index contributed by atoms with van der Waals surface area (Å²) in [7, 11) is 1.36. The Bertz CT molecular complexity index is 838. The fourth-order valence-electron chi connectivity index (χ4n) is 2.54. The topological polar surface area (TPSA) is 76.7 Å². The molecule has 1 atom stereocenters. The summed E-state index contributed by atoms with van der Waals surface area (Å²) in [4.78, 5) is 23.7. The molecule has 0 unspecified atom stereocenters. The molecule has 0 fully saturated rings. The summed E-state index contributed by atoms with van der Waals surface area (Å²) in [5, 5.41) is 5.52. The third-order valence-electron chi connectivity index (χ3n) is 3.90. The van der Waals surface area contributed by atoms with Crippen LogP contribution in [0.2, 0.25) is 0 Å². The molecule has 0 aliphatic carbocycles. The SMILES string of the molecule is COc1ccc(C(=O)N[C@H](C)c2ccc3c(c2)NC(=O)CO3)cc1F. The van der Waals surface area contributed by atoms with Crippen LogP contribution < -0.4 is 20.1 Å². The molecule has 130 valence electrons. The number of amides is 2. The van der Waals surface area contributed by atoms with Gasteiger partial charge in [0.2, 0.25) is 0 Å². The van der Waals surface area contributed by atoms with Crippen molar-refractivity contribution in [2.75, 3.05) is 19.0 Å². The van der Waals surface area contributed by atoms with E-state index >= 15 is 0 Å². The number of nitrogens with one attached hydrogen (secondary N) is 2. The van der Waals surface area contributed by atoms with Gasteiger partial charge >= 0.3 is 0 Å². The predicted octanol–water partition coefficient (Wildman–Crippen LogP) is 2.66. The van der Waals surface area contributed by atoms with Gasteiger partial charge in [-0.25, -0.2) is 4.39 Å². The minimum atomic E-state index is -0.601. The maximum atomic E-state index is 13.7. The Balaban J connectivity index is 1.74. The average Bonchev–Trinajstić information content (AvgIpc) is 2.60. The molecule has 0 bridgehead atoms. The molecule has 25 heavy (non-hydrogen) atoms. The highest BCUT2D eigenvalue weighted by Gasteiger charge is 2.19. The second-order valence-electron chi connectivity index (χ2n) is 5.64. The third-order valence-corrected chi connectivity index (χ3v) is 3.90. The zero-order chi connectivity index (χ0) is 18.0. The van der Waals surface area contributed by atoms with Crippen molar-refractivity contribution >= 4 is 17.5 Å². The lowest BCUT2D eigenvalue weighted by atomic mass is 10.1. The van der Waals surface area contributed by atoms with Crippen molar-refractivity contribution in [3.63, 3.8) is 0 Å². The first-order valence-electron chi connectivity index (χ1n) is 7.69. The summed E-state index contributed by atoms with van der Waals surface area (Å²) in [6.45, 7) is 1.78. The highest BCUT2D eigenvalue weighted by atomic mass is 19.1. The van der Waals surface area contributed by atoms with E-state index in [1.165, 1.54) is 19.2 Å². The molecule has 3 rings (SSSR count). The fraction of sp³-hybridized carbons (Fsp3) is 0.222. The van der Waals surface area contributed by atoms with E-state index < -0.39 is 11.7 Å². The molecular formula is C18H17FN2O4. The summed E-state index contributed by atoms with van der Waals surface area (Å²) < 4.78 is 23.9. The molecule has 0 saturated heterocycles. The van der Waals surface area contributed by atoms with Gasteiger partial charge in [-0.3, -0.25) is 9.59 Å². The molecule has 2 aromatic carbocycles. The van der Waals surface area contributed by atoms with Crippen LogP contribution in [0.1, 0.15) is 28.9 Å². The van der Waals surface area contributed by atoms with Crippen molar-refractivity contribution in [1.29, 1.82) is 0 Å². The molecule has 0 saturated carbocycles. The first-order chi connectivity index (χ1) is 12.0. The van der Waals surface area contributed by atoms with Gasteiger partial charge in [-0.1, -0.05) is 6.07 Å². The van der Waals surface area contributed by atoms with Crippen LogP contribution in [0.5, 0.6) is 11.5 Å². The molecule has 1 heterocycles. The normalized spacial score (nSPS) is 14.0. The van der Waals surface area contributed by atoms with Crippen molar-refractivity contribution in [1.82, 2.24) is 5.32 Å². The van der Waals surface area contributed by atoms with Gasteiger partial charge in [0.15, 0.2) is 18.2 Å². The summed E-state index contributed by atoms with van der Waals surface area (Å²) >= 11 is 0. The molecule has 0 spiro atoms. The van der Waals surface area contributed by atoms with Crippen molar-refractivity contribution in [3.05, 3.63) is 53.3 Å². The largest absolute Gasteiger partial charge is 0.494 e. The van der Waals surface area contributed by atoms with Crippen LogP contribution in [-0.2, 0) is 4.79 Å². The number of halogens is 1. The average molecular weight is 344 g/mol. The van der Waals surface area contributed by atoms with Crippen LogP contribution in [0.3, 0.4) is 0 Å². The zero-order valence-corrected chi connectivity index (χ0v) is 13.8. The van der Waals surface area contributed by atoms with Crippen LogP contribution in [0.25, 0.3) is 0 Å². The summed E-state index contributed by atoms with van der Waals surface area (Å²) in [6, 6.07) is 8.96. The van der Waals surface area contributed by atoms with E-state index in [4.69, 9.17) is 9.47 Å². The minimum absolute atomic E-state index is 0.0122. The molecule has 6 nitrogen and oxygen atoms in total. The van der Waals surface area contributed by atoms with E-state index in [0.717, 1.165) is 11.6 Å². The second-order valence-corrected chi connectivity index (χ2v) is 5.64. The Morgan fingerprint density at radius 3 is 2.84 bits per heavy atom. The third kappa shape index (κ3) is 3.55. The van der Waals surface area contributed by atoms with Gasteiger partial charge in [-0.05, 0) is 42.8 Å². The van der Waals surface area contributed by atoms with Crippen LogP contribution >= 0.6 is 0 Å². The summed E-state index contributed by atoms with van der Waals surface area (Å²) in [5.41, 5.74) is 1.54. The monoisotopic (exact) mass is 344 g/mol. The number of fused-ring (bicyclic) bond motifs is 1. The molecule has 2 N–H and O–H groups in total. The van der Waals surface area contributed by atoms with Gasteiger partial charge in [-0.2, -0.15) is 0 Å². The maximum absolute atomic E-state index is 13.7. The molecule has 0 aromatic heterocycles. The summed E-state index contributed by atoms with van der Waals surface area (Å²) in [6.07, 6.45) is 0. The van der Waals surface area contributed by atoms with E-state index in [1.807, 2.05) is 0 Å². The van der Waals surface area contributed by atoms with Crippen LogP contribution in [-0.4, -0.2) is 25.5 Å². The van der Waals surface area contributed by atoms with E-state index in [-0.39, 0.29) is 29.9 Å². The Morgan fingerprint density at radius 2 is 2.12 bits per heavy atom. The first-order valence-corrected chi connectivity index (χ1v) is 7.69. The van der Waals surface area contributed by atoms with Crippen molar-refractivity contribution < 1.29 is 23.5 Å². The number of ether oxygens (including phenoxy) is 2. The van der Waals surface area contributed by atoms with Crippen LogP contribution in [0.15, 0.2) is 36.4 Å². The van der Waals surface area contributed by atoms with Crippen LogP contribution in [0, 0.1) is 5.82 Å². The fourth-order valence-corrected chi connectivity index (χ4v) is 2.54. The Hall–Kier alpha value is -3.09. The summed E-state index contributed by atoms with van der Waals surface area (Å²) in [5.74, 6) is -0.576. The van der Waals surface area contributed by atoms with Crippen molar-refractivity contribution in [3.8, 4) is 11.5 Å². The predicted molar refractivity (Wildman–Crippen MR) is 89.4 cm³/mol. The van der Waals surface area contributed by atoms with Crippen molar-refractivity contribution in [2.24, 2.45) is 0 Å². The lowest BCUT2D eigenvalue weighted by molar-refractivity contribution is -0.118. The number of hydrogen-bond donors (Lipinski definition) is 2. The highest BCUT2D eigenvalue weighted by molar-refractivity contribution is 5.96. The minimum Gasteiger partial charge on any atom is -0.494 e. The number of methoxy groups -OCH3 is 1. The molecule has 1 aliphatic heterocycles. The Kier molecular flexibility index (Phi) is 4.56. The second kappa shape index (κ2) is 6.80. The number of hydrogen-bond acceptors (Lipinski definition) is 4. The molecule has 0 radical (unpaired) electrons. The van der Waals surface area contributed by atoms with E-state index in [2.05, 4.69) is 10.6 Å². The lowest BCUT2D eigenvalue weighted by Crippen LogP contribution is -2.28.